The average molecular weight is 339 g/mol. The van der Waals surface area contributed by atoms with Crippen molar-refractivity contribution in [3.8, 4) is 5.75 Å². The largest absolute Gasteiger partial charge is 0.495 e. The summed E-state index contributed by atoms with van der Waals surface area (Å²) >= 11 is 6.12. The number of carbonyl (C=O) groups is 2. The Morgan fingerprint density at radius 3 is 2.48 bits per heavy atom. The minimum absolute atomic E-state index is 0.0206. The quantitative estimate of drug-likeness (QED) is 0.848. The molecule has 5 nitrogen and oxygen atoms in total. The van der Waals surface area contributed by atoms with Gasteiger partial charge in [-0.3, -0.25) is 14.5 Å². The van der Waals surface area contributed by atoms with Crippen molar-refractivity contribution in [1.29, 1.82) is 0 Å². The molecule has 1 aromatic carbocycles. The number of hydrogen-bond acceptors (Lipinski definition) is 3. The van der Waals surface area contributed by atoms with Gasteiger partial charge in [-0.2, -0.15) is 0 Å². The van der Waals surface area contributed by atoms with Gasteiger partial charge in [0.2, 0.25) is 11.8 Å². The highest BCUT2D eigenvalue weighted by atomic mass is 35.5. The van der Waals surface area contributed by atoms with E-state index in [4.69, 9.17) is 16.3 Å². The lowest BCUT2D eigenvalue weighted by Gasteiger charge is -2.30. The van der Waals surface area contributed by atoms with Crippen molar-refractivity contribution in [3.05, 3.63) is 22.7 Å². The Balaban J connectivity index is 2.26. The van der Waals surface area contributed by atoms with Gasteiger partial charge in [0.25, 0.3) is 0 Å². The van der Waals surface area contributed by atoms with Crippen molar-refractivity contribution in [1.82, 2.24) is 4.90 Å². The Hall–Kier alpha value is -1.75. The molecule has 1 aromatic rings. The fourth-order valence-corrected chi connectivity index (χ4v) is 2.92. The zero-order valence-corrected chi connectivity index (χ0v) is 14.7. The second kappa shape index (κ2) is 7.68. The summed E-state index contributed by atoms with van der Waals surface area (Å²) in [4.78, 5) is 27.9. The highest BCUT2D eigenvalue weighted by Gasteiger charge is 2.24. The molecule has 0 unspecified atom stereocenters. The molecule has 1 heterocycles. The molecule has 0 spiro atoms. The number of nitrogens with zero attached hydrogens (tertiary/aromatic N) is 2. The topological polar surface area (TPSA) is 49.9 Å². The number of piperidine rings is 1. The lowest BCUT2D eigenvalue weighted by molar-refractivity contribution is -0.132. The van der Waals surface area contributed by atoms with Crippen molar-refractivity contribution in [3.63, 3.8) is 0 Å². The number of methoxy groups -OCH3 is 1. The van der Waals surface area contributed by atoms with E-state index < -0.39 is 0 Å². The Bertz CT molecular complexity index is 598. The number of carbonyl (C=O) groups excluding carboxylic acids is 2. The number of anilines is 1. The van der Waals surface area contributed by atoms with Gasteiger partial charge in [0.1, 0.15) is 12.3 Å². The molecule has 6 heteroatoms. The fourth-order valence-electron chi connectivity index (χ4n) is 2.77. The van der Waals surface area contributed by atoms with Crippen LogP contribution in [0.25, 0.3) is 0 Å². The molecule has 1 aliphatic rings. The number of hydrogen-bond donors (Lipinski definition) is 0. The van der Waals surface area contributed by atoms with Gasteiger partial charge in [-0.05, 0) is 37.8 Å². The number of benzene rings is 1. The highest BCUT2D eigenvalue weighted by Crippen LogP contribution is 2.34. The third kappa shape index (κ3) is 4.16. The first-order chi connectivity index (χ1) is 10.9. The second-order valence-electron chi connectivity index (χ2n) is 5.82. The first-order valence-corrected chi connectivity index (χ1v) is 8.22. The van der Waals surface area contributed by atoms with Gasteiger partial charge in [0.05, 0.1) is 12.8 Å². The van der Waals surface area contributed by atoms with E-state index in [0.29, 0.717) is 16.5 Å². The Morgan fingerprint density at radius 1 is 1.26 bits per heavy atom. The van der Waals surface area contributed by atoms with E-state index in [1.54, 1.807) is 12.1 Å². The van der Waals surface area contributed by atoms with Crippen LogP contribution in [-0.2, 0) is 9.59 Å². The summed E-state index contributed by atoms with van der Waals surface area (Å²) in [6.45, 7) is 4.86. The number of amides is 2. The molecule has 0 N–H and O–H groups in total. The maximum absolute atomic E-state index is 12.5. The molecular formula is C17H23ClN2O3. The Kier molecular flexibility index (Phi) is 5.88. The van der Waals surface area contributed by atoms with Crippen molar-refractivity contribution in [2.75, 3.05) is 31.6 Å². The van der Waals surface area contributed by atoms with Gasteiger partial charge >= 0.3 is 0 Å². The Morgan fingerprint density at radius 2 is 1.91 bits per heavy atom. The summed E-state index contributed by atoms with van der Waals surface area (Å²) in [6.07, 6.45) is 3.20. The molecule has 126 valence electrons. The lowest BCUT2D eigenvalue weighted by Crippen LogP contribution is -2.44. The number of likely N-dealkylation sites (tertiary alicyclic amines) is 1. The third-order valence-electron chi connectivity index (χ3n) is 4.13. The van der Waals surface area contributed by atoms with E-state index in [2.05, 4.69) is 0 Å². The monoisotopic (exact) mass is 338 g/mol. The van der Waals surface area contributed by atoms with E-state index in [9.17, 15) is 9.59 Å². The van der Waals surface area contributed by atoms with Gasteiger partial charge in [0, 0.05) is 31.1 Å². The molecular weight excluding hydrogens is 316 g/mol. The second-order valence-corrected chi connectivity index (χ2v) is 6.23. The molecule has 0 aromatic heterocycles. The van der Waals surface area contributed by atoms with Gasteiger partial charge in [-0.1, -0.05) is 11.6 Å². The van der Waals surface area contributed by atoms with Crippen molar-refractivity contribution in [2.45, 2.75) is 33.1 Å². The van der Waals surface area contributed by atoms with Crippen molar-refractivity contribution in [2.24, 2.45) is 0 Å². The zero-order chi connectivity index (χ0) is 17.0. The minimum atomic E-state index is -0.199. The summed E-state index contributed by atoms with van der Waals surface area (Å²) in [7, 11) is 1.52. The highest BCUT2D eigenvalue weighted by molar-refractivity contribution is 6.31. The van der Waals surface area contributed by atoms with E-state index in [1.807, 2.05) is 11.8 Å². The summed E-state index contributed by atoms with van der Waals surface area (Å²) in [5.41, 5.74) is 1.41. The molecule has 2 rings (SSSR count). The number of aryl methyl sites for hydroxylation is 1. The van der Waals surface area contributed by atoms with Crippen molar-refractivity contribution >= 4 is 29.1 Å². The van der Waals surface area contributed by atoms with Gasteiger partial charge in [-0.25, -0.2) is 0 Å². The van der Waals surface area contributed by atoms with Crippen molar-refractivity contribution < 1.29 is 14.3 Å². The predicted octanol–water partition coefficient (Wildman–Crippen LogP) is 3.02. The summed E-state index contributed by atoms with van der Waals surface area (Å²) in [5.74, 6) is 0.257. The molecule has 0 aliphatic carbocycles. The average Bonchev–Trinajstić information content (AvgIpc) is 2.55. The van der Waals surface area contributed by atoms with Crippen LogP contribution < -0.4 is 9.64 Å². The van der Waals surface area contributed by atoms with Crippen LogP contribution >= 0.6 is 11.6 Å². The standard InChI is InChI=1S/C17H23ClN2O3/c1-12-9-15(16(23-3)10-14(12)18)20(13(2)21)11-17(22)19-7-5-4-6-8-19/h9-10H,4-8,11H2,1-3H3. The molecule has 0 radical (unpaired) electrons. The van der Waals surface area contributed by atoms with Crippen LogP contribution in [0, 0.1) is 6.92 Å². The predicted molar refractivity (Wildman–Crippen MR) is 91.2 cm³/mol. The van der Waals surface area contributed by atoms with E-state index in [1.165, 1.54) is 18.9 Å². The van der Waals surface area contributed by atoms with Crippen LogP contribution in [0.1, 0.15) is 31.7 Å². The maximum atomic E-state index is 12.5. The summed E-state index contributed by atoms with van der Waals surface area (Å²) in [5, 5.41) is 0.566. The minimum Gasteiger partial charge on any atom is -0.495 e. The van der Waals surface area contributed by atoms with Crippen LogP contribution in [0.3, 0.4) is 0 Å². The first-order valence-electron chi connectivity index (χ1n) is 7.84. The van der Waals surface area contributed by atoms with E-state index >= 15 is 0 Å². The third-order valence-corrected chi connectivity index (χ3v) is 4.54. The zero-order valence-electron chi connectivity index (χ0n) is 13.9. The van der Waals surface area contributed by atoms with Crippen LogP contribution in [-0.4, -0.2) is 43.5 Å². The number of ether oxygens (including phenoxy) is 1. The molecule has 1 saturated heterocycles. The van der Waals surface area contributed by atoms with Gasteiger partial charge in [-0.15, -0.1) is 0 Å². The normalized spacial score (nSPS) is 14.5. The Labute approximate surface area is 142 Å². The number of halogens is 1. The molecule has 1 fully saturated rings. The summed E-state index contributed by atoms with van der Waals surface area (Å²) in [6, 6.07) is 3.46. The number of rotatable bonds is 4. The smallest absolute Gasteiger partial charge is 0.242 e. The van der Waals surface area contributed by atoms with Crippen LogP contribution in [0.4, 0.5) is 5.69 Å². The van der Waals surface area contributed by atoms with Gasteiger partial charge < -0.3 is 9.64 Å². The maximum Gasteiger partial charge on any atom is 0.242 e. The van der Waals surface area contributed by atoms with Gasteiger partial charge in [0.15, 0.2) is 0 Å². The molecule has 1 aliphatic heterocycles. The first kappa shape index (κ1) is 17.6. The van der Waals surface area contributed by atoms with Crippen LogP contribution in [0.2, 0.25) is 5.02 Å². The fraction of sp³-hybridized carbons (Fsp3) is 0.529. The van der Waals surface area contributed by atoms with E-state index in [-0.39, 0.29) is 18.4 Å². The molecule has 23 heavy (non-hydrogen) atoms. The van der Waals surface area contributed by atoms with Crippen LogP contribution in [0.5, 0.6) is 5.75 Å². The SMILES string of the molecule is COc1cc(Cl)c(C)cc1N(CC(=O)N1CCCCC1)C(C)=O. The molecule has 0 atom stereocenters. The summed E-state index contributed by atoms with van der Waals surface area (Å²) < 4.78 is 5.34. The molecule has 0 bridgehead atoms. The molecule has 2 amide bonds. The van der Waals surface area contributed by atoms with Crippen LogP contribution in [0.15, 0.2) is 12.1 Å². The lowest BCUT2D eigenvalue weighted by atomic mass is 10.1. The molecule has 0 saturated carbocycles. The van der Waals surface area contributed by atoms with E-state index in [0.717, 1.165) is 37.9 Å².